The maximum Gasteiger partial charge on any atom is 0.336 e. The number of carbonyl (C=O) groups is 4. The molecule has 1 aromatic rings. The predicted octanol–water partition coefficient (Wildman–Crippen LogP) is 2.19. The molecule has 0 amide bonds. The lowest BCUT2D eigenvalue weighted by atomic mass is 9.79. The van der Waals surface area contributed by atoms with E-state index in [-0.39, 0.29) is 11.3 Å². The molecule has 0 fully saturated rings. The molecule has 0 radical (unpaired) electrons. The van der Waals surface area contributed by atoms with Gasteiger partial charge in [0.2, 0.25) is 0 Å². The van der Waals surface area contributed by atoms with E-state index in [4.69, 9.17) is 14.2 Å². The summed E-state index contributed by atoms with van der Waals surface area (Å²) in [6.07, 6.45) is -1.18. The van der Waals surface area contributed by atoms with E-state index >= 15 is 0 Å². The molecule has 8 nitrogen and oxygen atoms in total. The Hall–Kier alpha value is -3.29. The highest BCUT2D eigenvalue weighted by atomic mass is 16.6. The molecule has 0 aromatic heterocycles. The lowest BCUT2D eigenvalue weighted by Gasteiger charge is -2.30. The van der Waals surface area contributed by atoms with Crippen molar-refractivity contribution in [2.75, 3.05) is 14.2 Å². The van der Waals surface area contributed by atoms with Gasteiger partial charge >= 0.3 is 17.9 Å². The standard InChI is InChI=1S/C21H23NO7/c1-11-15(19(24)27-4)17(16(12(2)22-11)20(25)28-5)21(26)29-18(13(3)23)14-9-7-6-8-10-14/h6-10,15,17-18H,1-5H3/t15?,17-,18-/m0/s1. The van der Waals surface area contributed by atoms with Crippen molar-refractivity contribution in [1.29, 1.82) is 0 Å². The number of allylic oxidation sites excluding steroid dienone is 1. The van der Waals surface area contributed by atoms with Crippen LogP contribution in [0.15, 0.2) is 46.6 Å². The number of rotatable bonds is 6. The molecule has 8 heteroatoms. The van der Waals surface area contributed by atoms with E-state index < -0.39 is 41.6 Å². The van der Waals surface area contributed by atoms with E-state index in [0.29, 0.717) is 11.3 Å². The minimum atomic E-state index is -1.35. The van der Waals surface area contributed by atoms with E-state index in [1.165, 1.54) is 21.0 Å². The Labute approximate surface area is 168 Å². The van der Waals surface area contributed by atoms with Crippen LogP contribution in [-0.4, -0.2) is 43.6 Å². The normalized spacial score (nSPS) is 19.7. The number of methoxy groups -OCH3 is 2. The number of esters is 3. The van der Waals surface area contributed by atoms with Gasteiger partial charge in [-0.25, -0.2) is 4.79 Å². The summed E-state index contributed by atoms with van der Waals surface area (Å²) in [6.45, 7) is 4.38. The molecule has 154 valence electrons. The topological polar surface area (TPSA) is 108 Å². The van der Waals surface area contributed by atoms with Crippen LogP contribution in [0.3, 0.4) is 0 Å². The van der Waals surface area contributed by atoms with Gasteiger partial charge in [-0.15, -0.1) is 0 Å². The van der Waals surface area contributed by atoms with E-state index in [0.717, 1.165) is 7.11 Å². The second-order valence-corrected chi connectivity index (χ2v) is 6.56. The number of benzene rings is 1. The second kappa shape index (κ2) is 9.27. The molecule has 0 aliphatic carbocycles. The molecule has 0 spiro atoms. The Morgan fingerprint density at radius 3 is 2.07 bits per heavy atom. The SMILES string of the molecule is COC(=O)C1=C(C)N=C(C)C(C(=O)OC)[C@@H]1C(=O)O[C@@H](C(C)=O)c1ccccc1. The summed E-state index contributed by atoms with van der Waals surface area (Å²) < 4.78 is 15.1. The van der Waals surface area contributed by atoms with Gasteiger partial charge < -0.3 is 14.2 Å². The van der Waals surface area contributed by atoms with Crippen molar-refractivity contribution in [1.82, 2.24) is 0 Å². The molecule has 1 aliphatic rings. The number of nitrogens with zero attached hydrogens (tertiary/aromatic N) is 1. The first-order valence-corrected chi connectivity index (χ1v) is 8.90. The molecule has 2 rings (SSSR count). The Kier molecular flexibility index (Phi) is 7.03. The molecule has 1 heterocycles. The summed E-state index contributed by atoms with van der Waals surface area (Å²) >= 11 is 0. The smallest absolute Gasteiger partial charge is 0.336 e. The Balaban J connectivity index is 2.51. The van der Waals surface area contributed by atoms with Crippen molar-refractivity contribution >= 4 is 29.4 Å². The van der Waals surface area contributed by atoms with E-state index in [9.17, 15) is 19.2 Å². The molecule has 0 saturated carbocycles. The number of carbonyl (C=O) groups excluding carboxylic acids is 4. The summed E-state index contributed by atoms with van der Waals surface area (Å²) in [7, 11) is 2.33. The van der Waals surface area contributed by atoms with Crippen LogP contribution < -0.4 is 0 Å². The Morgan fingerprint density at radius 1 is 0.931 bits per heavy atom. The largest absolute Gasteiger partial charge is 0.468 e. The number of ketones is 1. The first-order valence-electron chi connectivity index (χ1n) is 8.90. The molecular weight excluding hydrogens is 378 g/mol. The fraction of sp³-hybridized carbons (Fsp3) is 0.381. The minimum Gasteiger partial charge on any atom is -0.468 e. The van der Waals surface area contributed by atoms with Crippen LogP contribution in [0.5, 0.6) is 0 Å². The molecule has 1 unspecified atom stereocenters. The molecule has 3 atom stereocenters. The molecule has 1 aromatic carbocycles. The first-order chi connectivity index (χ1) is 13.7. The molecule has 29 heavy (non-hydrogen) atoms. The van der Waals surface area contributed by atoms with Crippen molar-refractivity contribution in [2.45, 2.75) is 26.9 Å². The summed E-state index contributed by atoms with van der Waals surface area (Å²) in [6, 6.07) is 8.47. The van der Waals surface area contributed by atoms with Gasteiger partial charge in [-0.3, -0.25) is 19.4 Å². The zero-order chi connectivity index (χ0) is 21.7. The number of hydrogen-bond acceptors (Lipinski definition) is 8. The van der Waals surface area contributed by atoms with Crippen molar-refractivity contribution in [3.05, 3.63) is 47.2 Å². The quantitative estimate of drug-likeness (QED) is 0.531. The van der Waals surface area contributed by atoms with E-state index in [2.05, 4.69) is 4.99 Å². The highest BCUT2D eigenvalue weighted by Gasteiger charge is 2.47. The fourth-order valence-corrected chi connectivity index (χ4v) is 3.30. The van der Waals surface area contributed by atoms with Gasteiger partial charge in [-0.1, -0.05) is 30.3 Å². The second-order valence-electron chi connectivity index (χ2n) is 6.56. The number of ether oxygens (including phenoxy) is 3. The van der Waals surface area contributed by atoms with Crippen LogP contribution >= 0.6 is 0 Å². The van der Waals surface area contributed by atoms with Crippen molar-refractivity contribution < 1.29 is 33.4 Å². The molecule has 0 N–H and O–H groups in total. The molecule has 1 aliphatic heterocycles. The Morgan fingerprint density at radius 2 is 1.55 bits per heavy atom. The summed E-state index contributed by atoms with van der Waals surface area (Å²) in [5.74, 6) is -5.40. The summed E-state index contributed by atoms with van der Waals surface area (Å²) in [5.41, 5.74) is 0.900. The first kappa shape index (κ1) is 22.0. The van der Waals surface area contributed by atoms with Crippen LogP contribution in [0.4, 0.5) is 0 Å². The summed E-state index contributed by atoms with van der Waals surface area (Å²) in [5, 5.41) is 0. The van der Waals surface area contributed by atoms with Crippen LogP contribution in [0.1, 0.15) is 32.4 Å². The van der Waals surface area contributed by atoms with Crippen molar-refractivity contribution in [3.63, 3.8) is 0 Å². The van der Waals surface area contributed by atoms with Gasteiger partial charge in [0.05, 0.1) is 19.8 Å². The van der Waals surface area contributed by atoms with Gasteiger partial charge in [0, 0.05) is 11.4 Å². The van der Waals surface area contributed by atoms with Crippen molar-refractivity contribution in [2.24, 2.45) is 16.8 Å². The lowest BCUT2D eigenvalue weighted by Crippen LogP contribution is -2.42. The summed E-state index contributed by atoms with van der Waals surface area (Å²) in [4.78, 5) is 54.3. The minimum absolute atomic E-state index is 0.103. The van der Waals surface area contributed by atoms with Gasteiger partial charge in [0.25, 0.3) is 0 Å². The lowest BCUT2D eigenvalue weighted by molar-refractivity contribution is -0.163. The van der Waals surface area contributed by atoms with Crippen LogP contribution in [-0.2, 0) is 33.4 Å². The van der Waals surface area contributed by atoms with Gasteiger partial charge in [-0.2, -0.15) is 0 Å². The fourth-order valence-electron chi connectivity index (χ4n) is 3.30. The zero-order valence-corrected chi connectivity index (χ0v) is 16.9. The number of hydrogen-bond donors (Lipinski definition) is 0. The predicted molar refractivity (Wildman–Crippen MR) is 103 cm³/mol. The average molecular weight is 401 g/mol. The van der Waals surface area contributed by atoms with E-state index in [1.807, 2.05) is 0 Å². The average Bonchev–Trinajstić information content (AvgIpc) is 2.70. The maximum absolute atomic E-state index is 13.2. The third-order valence-corrected chi connectivity index (χ3v) is 4.65. The third kappa shape index (κ3) is 4.59. The number of aliphatic imine (C=N–C) groups is 1. The third-order valence-electron chi connectivity index (χ3n) is 4.65. The van der Waals surface area contributed by atoms with Crippen LogP contribution in [0.25, 0.3) is 0 Å². The molecule has 0 bridgehead atoms. The van der Waals surface area contributed by atoms with Crippen LogP contribution in [0.2, 0.25) is 0 Å². The highest BCUT2D eigenvalue weighted by Crippen LogP contribution is 2.35. The van der Waals surface area contributed by atoms with Gasteiger partial charge in [0.1, 0.15) is 11.8 Å². The van der Waals surface area contributed by atoms with Gasteiger partial charge in [-0.05, 0) is 26.3 Å². The zero-order valence-electron chi connectivity index (χ0n) is 16.9. The van der Waals surface area contributed by atoms with E-state index in [1.54, 1.807) is 37.3 Å². The monoisotopic (exact) mass is 401 g/mol. The maximum atomic E-state index is 13.2. The van der Waals surface area contributed by atoms with Crippen molar-refractivity contribution in [3.8, 4) is 0 Å². The highest BCUT2D eigenvalue weighted by molar-refractivity contribution is 6.10. The van der Waals surface area contributed by atoms with Crippen LogP contribution in [0, 0.1) is 11.8 Å². The van der Waals surface area contributed by atoms with Gasteiger partial charge in [0.15, 0.2) is 11.9 Å². The molecule has 0 saturated heterocycles. The molecular formula is C21H23NO7. The Bertz CT molecular complexity index is 886. The number of Topliss-reactive ketones (excluding diaryl/α,β-unsaturated/α-hetero) is 1.